The SMILES string of the molecule is CC1=C(C#N)[C@H](c2ccc(N(C)C)cc2)C(C(=O)Nc2ccccc2)=C(C)N1. The van der Waals surface area contributed by atoms with Crippen LogP contribution in [0.25, 0.3) is 0 Å². The first-order valence-electron chi connectivity index (χ1n) is 9.14. The van der Waals surface area contributed by atoms with Crippen LogP contribution < -0.4 is 15.5 Å². The maximum atomic E-state index is 13.2. The van der Waals surface area contributed by atoms with Gasteiger partial charge in [-0.3, -0.25) is 4.79 Å². The van der Waals surface area contributed by atoms with Crippen molar-refractivity contribution in [3.05, 3.63) is 82.7 Å². The van der Waals surface area contributed by atoms with Crippen molar-refractivity contribution in [2.75, 3.05) is 24.3 Å². The zero-order chi connectivity index (χ0) is 20.3. The molecule has 0 aromatic heterocycles. The molecule has 0 fully saturated rings. The first-order chi connectivity index (χ1) is 13.4. The van der Waals surface area contributed by atoms with Gasteiger partial charge in [-0.15, -0.1) is 0 Å². The van der Waals surface area contributed by atoms with Gasteiger partial charge in [-0.05, 0) is 43.7 Å². The number of nitrogens with one attached hydrogen (secondary N) is 2. The highest BCUT2D eigenvalue weighted by Gasteiger charge is 2.33. The molecule has 1 aliphatic rings. The number of hydrogen-bond donors (Lipinski definition) is 2. The zero-order valence-electron chi connectivity index (χ0n) is 16.6. The molecule has 0 unspecified atom stereocenters. The van der Waals surface area contributed by atoms with E-state index in [1.54, 1.807) is 0 Å². The maximum Gasteiger partial charge on any atom is 0.254 e. The Kier molecular flexibility index (Phi) is 5.51. The van der Waals surface area contributed by atoms with Crippen LogP contribution in [0.1, 0.15) is 25.3 Å². The molecule has 5 nitrogen and oxygen atoms in total. The average Bonchev–Trinajstić information content (AvgIpc) is 2.68. The van der Waals surface area contributed by atoms with Crippen LogP contribution in [0.15, 0.2) is 77.1 Å². The van der Waals surface area contributed by atoms with Crippen molar-refractivity contribution in [2.24, 2.45) is 0 Å². The van der Waals surface area contributed by atoms with Crippen LogP contribution >= 0.6 is 0 Å². The molecule has 0 bridgehead atoms. The Morgan fingerprint density at radius 2 is 1.68 bits per heavy atom. The normalized spacial score (nSPS) is 16.3. The van der Waals surface area contributed by atoms with Gasteiger partial charge in [-0.25, -0.2) is 0 Å². The van der Waals surface area contributed by atoms with E-state index in [4.69, 9.17) is 0 Å². The standard InChI is InChI=1S/C23H24N4O/c1-15-20(14-24)22(17-10-12-19(13-11-17)27(3)4)21(16(2)25-15)23(28)26-18-8-6-5-7-9-18/h5-13,22,25H,1-4H3,(H,26,28)/t22-/m0/s1. The lowest BCUT2D eigenvalue weighted by molar-refractivity contribution is -0.113. The van der Waals surface area contributed by atoms with Crippen LogP contribution in [0.5, 0.6) is 0 Å². The molecule has 1 atom stereocenters. The monoisotopic (exact) mass is 372 g/mol. The summed E-state index contributed by atoms with van der Waals surface area (Å²) in [5, 5.41) is 15.9. The molecule has 0 saturated heterocycles. The summed E-state index contributed by atoms with van der Waals surface area (Å²) in [4.78, 5) is 15.2. The second kappa shape index (κ2) is 8.01. The second-order valence-corrected chi connectivity index (χ2v) is 7.05. The van der Waals surface area contributed by atoms with Crippen molar-refractivity contribution >= 4 is 17.3 Å². The summed E-state index contributed by atoms with van der Waals surface area (Å²) in [6.45, 7) is 3.74. The number of nitriles is 1. The highest BCUT2D eigenvalue weighted by Crippen LogP contribution is 2.38. The predicted molar refractivity (Wildman–Crippen MR) is 113 cm³/mol. The van der Waals surface area contributed by atoms with Gasteiger partial charge < -0.3 is 15.5 Å². The lowest BCUT2D eigenvalue weighted by Crippen LogP contribution is -2.30. The molecular formula is C23H24N4O. The second-order valence-electron chi connectivity index (χ2n) is 7.05. The molecule has 2 N–H and O–H groups in total. The third-order valence-corrected chi connectivity index (χ3v) is 4.90. The Bertz CT molecular complexity index is 980. The molecule has 2 aromatic carbocycles. The molecule has 0 aliphatic carbocycles. The van der Waals surface area contributed by atoms with Crippen molar-refractivity contribution in [2.45, 2.75) is 19.8 Å². The van der Waals surface area contributed by atoms with E-state index in [-0.39, 0.29) is 5.91 Å². The van der Waals surface area contributed by atoms with Gasteiger partial charge in [0.05, 0.1) is 17.6 Å². The molecule has 0 radical (unpaired) electrons. The highest BCUT2D eigenvalue weighted by atomic mass is 16.1. The lowest BCUT2D eigenvalue weighted by Gasteiger charge is -2.29. The number of carbonyl (C=O) groups is 1. The van der Waals surface area contributed by atoms with Crippen molar-refractivity contribution in [1.29, 1.82) is 5.26 Å². The molecule has 142 valence electrons. The van der Waals surface area contributed by atoms with Crippen molar-refractivity contribution in [1.82, 2.24) is 5.32 Å². The van der Waals surface area contributed by atoms with Crippen molar-refractivity contribution < 1.29 is 4.79 Å². The van der Waals surface area contributed by atoms with Crippen molar-refractivity contribution in [3.8, 4) is 6.07 Å². The van der Waals surface area contributed by atoms with E-state index < -0.39 is 5.92 Å². The number of carbonyl (C=O) groups excluding carboxylic acids is 1. The minimum atomic E-state index is -0.411. The van der Waals surface area contributed by atoms with E-state index in [1.807, 2.05) is 87.4 Å². The van der Waals surface area contributed by atoms with Gasteiger partial charge in [0, 0.05) is 42.4 Å². The Labute approximate surface area is 166 Å². The third-order valence-electron chi connectivity index (χ3n) is 4.90. The molecule has 1 heterocycles. The molecule has 1 amide bonds. The summed E-state index contributed by atoms with van der Waals surface area (Å²) in [7, 11) is 3.96. The van der Waals surface area contributed by atoms with Crippen LogP contribution in [0.3, 0.4) is 0 Å². The number of dihydropyridines is 1. The topological polar surface area (TPSA) is 68.2 Å². The number of rotatable bonds is 4. The third kappa shape index (κ3) is 3.77. The fourth-order valence-corrected chi connectivity index (χ4v) is 3.46. The van der Waals surface area contributed by atoms with Gasteiger partial charge in [0.15, 0.2) is 0 Å². The van der Waals surface area contributed by atoms with Gasteiger partial charge in [0.1, 0.15) is 0 Å². The van der Waals surface area contributed by atoms with Crippen LogP contribution in [-0.2, 0) is 4.79 Å². The summed E-state index contributed by atoms with van der Waals surface area (Å²) in [6.07, 6.45) is 0. The molecule has 0 saturated carbocycles. The summed E-state index contributed by atoms with van der Waals surface area (Å²) < 4.78 is 0. The van der Waals surface area contributed by atoms with Gasteiger partial charge in [0.2, 0.25) is 0 Å². The maximum absolute atomic E-state index is 13.2. The largest absolute Gasteiger partial charge is 0.378 e. The van der Waals surface area contributed by atoms with E-state index >= 15 is 0 Å². The summed E-state index contributed by atoms with van der Waals surface area (Å²) >= 11 is 0. The van der Waals surface area contributed by atoms with Gasteiger partial charge >= 0.3 is 0 Å². The number of hydrogen-bond acceptors (Lipinski definition) is 4. The van der Waals surface area contributed by atoms with E-state index in [1.165, 1.54) is 0 Å². The molecule has 0 spiro atoms. The Morgan fingerprint density at radius 3 is 2.25 bits per heavy atom. The molecule has 2 aromatic rings. The quantitative estimate of drug-likeness (QED) is 0.846. The van der Waals surface area contributed by atoms with E-state index in [9.17, 15) is 10.1 Å². The number of benzene rings is 2. The minimum Gasteiger partial charge on any atom is -0.378 e. The predicted octanol–water partition coefficient (Wildman–Crippen LogP) is 4.15. The number of anilines is 2. The van der Waals surface area contributed by atoms with Crippen LogP contribution in [0.4, 0.5) is 11.4 Å². The summed E-state index contributed by atoms with van der Waals surface area (Å²) in [6, 6.07) is 19.6. The highest BCUT2D eigenvalue weighted by molar-refractivity contribution is 6.06. The average molecular weight is 372 g/mol. The fourth-order valence-electron chi connectivity index (χ4n) is 3.46. The van der Waals surface area contributed by atoms with Crippen LogP contribution in [-0.4, -0.2) is 20.0 Å². The van der Waals surface area contributed by atoms with Gasteiger partial charge in [-0.2, -0.15) is 5.26 Å². The van der Waals surface area contributed by atoms with Gasteiger partial charge in [-0.1, -0.05) is 30.3 Å². The number of allylic oxidation sites excluding steroid dienone is 3. The summed E-state index contributed by atoms with van der Waals surface area (Å²) in [5.41, 5.74) is 5.35. The molecule has 1 aliphatic heterocycles. The Morgan fingerprint density at radius 1 is 1.04 bits per heavy atom. The van der Waals surface area contributed by atoms with E-state index in [0.29, 0.717) is 11.1 Å². The Balaban J connectivity index is 2.04. The number of nitrogens with zero attached hydrogens (tertiary/aromatic N) is 2. The molecule has 3 rings (SSSR count). The van der Waals surface area contributed by atoms with Gasteiger partial charge in [0.25, 0.3) is 5.91 Å². The molecule has 5 heteroatoms. The molecular weight excluding hydrogens is 348 g/mol. The first-order valence-corrected chi connectivity index (χ1v) is 9.14. The zero-order valence-corrected chi connectivity index (χ0v) is 16.6. The fraction of sp³-hybridized carbons (Fsp3) is 0.217. The van der Waals surface area contributed by atoms with Crippen molar-refractivity contribution in [3.63, 3.8) is 0 Å². The Hall–Kier alpha value is -3.52. The minimum absolute atomic E-state index is 0.210. The van der Waals surface area contributed by atoms with E-state index in [2.05, 4.69) is 16.7 Å². The number of para-hydroxylation sites is 1. The van der Waals surface area contributed by atoms with Crippen LogP contribution in [0, 0.1) is 11.3 Å². The molecule has 28 heavy (non-hydrogen) atoms. The summed E-state index contributed by atoms with van der Waals surface area (Å²) in [5.74, 6) is -0.621. The first kappa shape index (κ1) is 19.2. The van der Waals surface area contributed by atoms with E-state index in [0.717, 1.165) is 28.3 Å². The lowest BCUT2D eigenvalue weighted by atomic mass is 9.80. The number of amides is 1. The van der Waals surface area contributed by atoms with Crippen LogP contribution in [0.2, 0.25) is 0 Å². The smallest absolute Gasteiger partial charge is 0.254 e.